The summed E-state index contributed by atoms with van der Waals surface area (Å²) in [6.45, 7) is 2.63. The number of anilines is 1. The van der Waals surface area contributed by atoms with Gasteiger partial charge in [0, 0.05) is 18.8 Å². The van der Waals surface area contributed by atoms with Gasteiger partial charge in [0.25, 0.3) is 11.8 Å². The first-order chi connectivity index (χ1) is 13.0. The van der Waals surface area contributed by atoms with Crippen molar-refractivity contribution in [1.29, 1.82) is 0 Å². The summed E-state index contributed by atoms with van der Waals surface area (Å²) in [7, 11) is 0. The molecule has 0 spiro atoms. The second-order valence-electron chi connectivity index (χ2n) is 6.51. The van der Waals surface area contributed by atoms with Crippen molar-refractivity contribution in [1.82, 2.24) is 4.90 Å². The van der Waals surface area contributed by atoms with Crippen molar-refractivity contribution in [2.45, 2.75) is 19.8 Å². The Balaban J connectivity index is 1.42. The number of esters is 1. The molecule has 6 nitrogen and oxygen atoms in total. The summed E-state index contributed by atoms with van der Waals surface area (Å²) >= 11 is 1.42. The number of aryl methyl sites for hydroxylation is 1. The highest BCUT2D eigenvalue weighted by atomic mass is 32.1. The molecule has 1 aromatic heterocycles. The van der Waals surface area contributed by atoms with Gasteiger partial charge in [-0.05, 0) is 42.8 Å². The summed E-state index contributed by atoms with van der Waals surface area (Å²) in [6, 6.07) is 11.1. The zero-order valence-electron chi connectivity index (χ0n) is 15.1. The molecule has 7 heteroatoms. The fraction of sp³-hybridized carbons (Fsp3) is 0.350. The molecule has 27 heavy (non-hydrogen) atoms. The summed E-state index contributed by atoms with van der Waals surface area (Å²) in [5.41, 5.74) is 1.65. The molecule has 1 saturated heterocycles. The lowest BCUT2D eigenvalue weighted by atomic mass is 9.97. The molecule has 1 aromatic carbocycles. The molecule has 2 amide bonds. The van der Waals surface area contributed by atoms with E-state index in [2.05, 4.69) is 5.32 Å². The molecule has 1 N–H and O–H groups in total. The molecule has 1 fully saturated rings. The lowest BCUT2D eigenvalue weighted by molar-refractivity contribution is -0.152. The molecule has 0 bridgehead atoms. The number of thiophene rings is 1. The maximum Gasteiger partial charge on any atom is 0.309 e. The van der Waals surface area contributed by atoms with Gasteiger partial charge >= 0.3 is 5.97 Å². The number of hydrogen-bond acceptors (Lipinski definition) is 5. The minimum Gasteiger partial charge on any atom is -0.455 e. The molecule has 1 aliphatic rings. The van der Waals surface area contributed by atoms with Crippen LogP contribution in [0.15, 0.2) is 41.8 Å². The summed E-state index contributed by atoms with van der Waals surface area (Å²) < 4.78 is 5.17. The number of piperidine rings is 1. The van der Waals surface area contributed by atoms with Gasteiger partial charge in [0.1, 0.15) is 0 Å². The van der Waals surface area contributed by atoms with Gasteiger partial charge in [-0.3, -0.25) is 14.4 Å². The Morgan fingerprint density at radius 2 is 1.89 bits per heavy atom. The molecule has 0 aliphatic carbocycles. The zero-order chi connectivity index (χ0) is 19.2. The van der Waals surface area contributed by atoms with Crippen LogP contribution in [0.4, 0.5) is 5.69 Å². The van der Waals surface area contributed by atoms with E-state index in [0.29, 0.717) is 36.5 Å². The highest BCUT2D eigenvalue weighted by molar-refractivity contribution is 7.12. The van der Waals surface area contributed by atoms with E-state index in [-0.39, 0.29) is 30.3 Å². The van der Waals surface area contributed by atoms with Gasteiger partial charge in [0.15, 0.2) is 6.61 Å². The first-order valence-corrected chi connectivity index (χ1v) is 9.77. The molecule has 0 radical (unpaired) electrons. The molecular weight excluding hydrogens is 364 g/mol. The van der Waals surface area contributed by atoms with Gasteiger partial charge in [-0.25, -0.2) is 0 Å². The maximum atomic E-state index is 12.3. The van der Waals surface area contributed by atoms with Crippen molar-refractivity contribution >= 4 is 34.8 Å². The molecule has 0 unspecified atom stereocenters. The van der Waals surface area contributed by atoms with Crippen LogP contribution in [-0.4, -0.2) is 42.4 Å². The lowest BCUT2D eigenvalue weighted by Gasteiger charge is -2.30. The lowest BCUT2D eigenvalue weighted by Crippen LogP contribution is -2.40. The summed E-state index contributed by atoms with van der Waals surface area (Å²) in [5.74, 6) is -1.00. The standard InChI is InChI=1S/C20H22N2O4S/c1-14-5-2-3-6-16(14)21-18(23)13-26-20(25)15-8-10-22(11-9-15)19(24)17-7-4-12-27-17/h2-7,12,15H,8-11,13H2,1H3,(H,21,23). The van der Waals surface area contributed by atoms with Crippen molar-refractivity contribution in [3.8, 4) is 0 Å². The fourth-order valence-corrected chi connectivity index (χ4v) is 3.72. The number of carbonyl (C=O) groups excluding carboxylic acids is 3. The average molecular weight is 386 g/mol. The van der Waals surface area contributed by atoms with Gasteiger partial charge in [-0.2, -0.15) is 0 Å². The van der Waals surface area contributed by atoms with Crippen molar-refractivity contribution in [3.05, 3.63) is 52.2 Å². The van der Waals surface area contributed by atoms with Gasteiger partial charge in [0.2, 0.25) is 0 Å². The number of ether oxygens (including phenoxy) is 1. The largest absolute Gasteiger partial charge is 0.455 e. The predicted molar refractivity (Wildman–Crippen MR) is 104 cm³/mol. The van der Waals surface area contributed by atoms with E-state index >= 15 is 0 Å². The Morgan fingerprint density at radius 3 is 2.56 bits per heavy atom. The Morgan fingerprint density at radius 1 is 1.15 bits per heavy atom. The minimum absolute atomic E-state index is 0.00873. The number of carbonyl (C=O) groups is 3. The van der Waals surface area contributed by atoms with Gasteiger partial charge in [0.05, 0.1) is 10.8 Å². The normalized spacial score (nSPS) is 14.6. The fourth-order valence-electron chi connectivity index (χ4n) is 3.03. The van der Waals surface area contributed by atoms with Crippen LogP contribution in [0.5, 0.6) is 0 Å². The maximum absolute atomic E-state index is 12.3. The van der Waals surface area contributed by atoms with E-state index in [0.717, 1.165) is 5.56 Å². The number of nitrogens with one attached hydrogen (secondary N) is 1. The minimum atomic E-state index is -0.377. The van der Waals surface area contributed by atoms with Crippen LogP contribution in [0.1, 0.15) is 28.1 Å². The molecule has 0 saturated carbocycles. The van der Waals surface area contributed by atoms with Crippen molar-refractivity contribution in [2.75, 3.05) is 25.0 Å². The predicted octanol–water partition coefficient (Wildman–Crippen LogP) is 3.09. The van der Waals surface area contributed by atoms with Gasteiger partial charge in [-0.1, -0.05) is 24.3 Å². The van der Waals surface area contributed by atoms with Crippen LogP contribution in [0.3, 0.4) is 0 Å². The van der Waals surface area contributed by atoms with Crippen molar-refractivity contribution in [2.24, 2.45) is 5.92 Å². The van der Waals surface area contributed by atoms with E-state index in [1.807, 2.05) is 36.6 Å². The smallest absolute Gasteiger partial charge is 0.309 e. The third-order valence-electron chi connectivity index (χ3n) is 4.61. The highest BCUT2D eigenvalue weighted by Gasteiger charge is 2.29. The van der Waals surface area contributed by atoms with Gasteiger partial charge in [-0.15, -0.1) is 11.3 Å². The summed E-state index contributed by atoms with van der Waals surface area (Å²) in [5, 5.41) is 4.61. The first kappa shape index (κ1) is 19.1. The number of rotatable bonds is 5. The van der Waals surface area contributed by atoms with E-state index in [1.54, 1.807) is 17.0 Å². The first-order valence-electron chi connectivity index (χ1n) is 8.89. The summed E-state index contributed by atoms with van der Waals surface area (Å²) in [4.78, 5) is 39.0. The van der Waals surface area contributed by atoms with Crippen molar-refractivity contribution in [3.63, 3.8) is 0 Å². The Hall–Kier alpha value is -2.67. The Labute approximate surface area is 162 Å². The number of likely N-dealkylation sites (tertiary alicyclic amines) is 1. The molecule has 2 aromatic rings. The molecule has 3 rings (SSSR count). The van der Waals surface area contributed by atoms with Crippen LogP contribution < -0.4 is 5.32 Å². The third kappa shape index (κ3) is 4.95. The highest BCUT2D eigenvalue weighted by Crippen LogP contribution is 2.22. The number of para-hydroxylation sites is 1. The van der Waals surface area contributed by atoms with E-state index in [4.69, 9.17) is 4.74 Å². The van der Waals surface area contributed by atoms with E-state index in [1.165, 1.54) is 11.3 Å². The molecule has 0 atom stereocenters. The Bertz CT molecular complexity index is 811. The van der Waals surface area contributed by atoms with E-state index < -0.39 is 0 Å². The zero-order valence-corrected chi connectivity index (χ0v) is 16.0. The second-order valence-corrected chi connectivity index (χ2v) is 7.46. The van der Waals surface area contributed by atoms with Crippen molar-refractivity contribution < 1.29 is 19.1 Å². The second kappa shape index (κ2) is 8.81. The number of nitrogens with zero attached hydrogens (tertiary/aromatic N) is 1. The number of benzene rings is 1. The SMILES string of the molecule is Cc1ccccc1NC(=O)COC(=O)C1CCN(C(=O)c2cccs2)CC1. The molecule has 2 heterocycles. The Kier molecular flexibility index (Phi) is 6.24. The van der Waals surface area contributed by atoms with Gasteiger partial charge < -0.3 is 15.0 Å². The topological polar surface area (TPSA) is 75.7 Å². The monoisotopic (exact) mass is 386 g/mol. The quantitative estimate of drug-likeness (QED) is 0.801. The van der Waals surface area contributed by atoms with Crippen LogP contribution in [0, 0.1) is 12.8 Å². The number of hydrogen-bond donors (Lipinski definition) is 1. The van der Waals surface area contributed by atoms with Crippen LogP contribution in [0.25, 0.3) is 0 Å². The molecule has 1 aliphatic heterocycles. The average Bonchev–Trinajstić information content (AvgIpc) is 3.22. The third-order valence-corrected chi connectivity index (χ3v) is 5.47. The summed E-state index contributed by atoms with van der Waals surface area (Å²) in [6.07, 6.45) is 1.10. The van der Waals surface area contributed by atoms with E-state index in [9.17, 15) is 14.4 Å². The van der Waals surface area contributed by atoms with Crippen LogP contribution in [-0.2, 0) is 14.3 Å². The molecule has 142 valence electrons. The molecular formula is C20H22N2O4S. The van der Waals surface area contributed by atoms with Crippen LogP contribution >= 0.6 is 11.3 Å². The van der Waals surface area contributed by atoms with Crippen LogP contribution in [0.2, 0.25) is 0 Å². The number of amides is 2.